The van der Waals surface area contributed by atoms with Gasteiger partial charge in [0.05, 0.1) is 11.5 Å². The standard InChI is InChI=1S/C21H36O7/c1-7-8-12-24-16-15-17(27-20(5,6)26-15)28-21(16)13(22)10-9-11-14(21)25-18(23)19(2,3)4/h13-17,22H,7-12H2,1-6H3/t13-,14+,15?,16-,17?,21?/m1/s1. The number of carbonyl (C=O) groups is 1. The van der Waals surface area contributed by atoms with E-state index in [1.165, 1.54) is 0 Å². The summed E-state index contributed by atoms with van der Waals surface area (Å²) < 4.78 is 30.5. The van der Waals surface area contributed by atoms with E-state index in [0.29, 0.717) is 19.4 Å². The van der Waals surface area contributed by atoms with Gasteiger partial charge in [-0.3, -0.25) is 4.79 Å². The highest BCUT2D eigenvalue weighted by Gasteiger charge is 2.69. The number of carbonyl (C=O) groups excluding carboxylic acids is 1. The van der Waals surface area contributed by atoms with Gasteiger partial charge < -0.3 is 28.8 Å². The molecule has 1 aliphatic carbocycles. The Balaban J connectivity index is 1.91. The zero-order chi connectivity index (χ0) is 20.7. The third kappa shape index (κ3) is 3.97. The zero-order valence-corrected chi connectivity index (χ0v) is 18.0. The molecule has 2 saturated heterocycles. The van der Waals surface area contributed by atoms with Crippen LogP contribution in [0, 0.1) is 5.41 Å². The molecule has 7 heteroatoms. The maximum absolute atomic E-state index is 12.6. The lowest BCUT2D eigenvalue weighted by Gasteiger charge is -2.47. The summed E-state index contributed by atoms with van der Waals surface area (Å²) in [6.07, 6.45) is 0.634. The van der Waals surface area contributed by atoms with Crippen molar-refractivity contribution < 1.29 is 33.6 Å². The van der Waals surface area contributed by atoms with Crippen LogP contribution in [0.1, 0.15) is 73.6 Å². The number of hydrogen-bond donors (Lipinski definition) is 1. The topological polar surface area (TPSA) is 83.5 Å². The molecule has 3 unspecified atom stereocenters. The Morgan fingerprint density at radius 1 is 1.18 bits per heavy atom. The smallest absolute Gasteiger partial charge is 0.311 e. The first-order valence-corrected chi connectivity index (χ1v) is 10.6. The molecule has 6 atom stereocenters. The summed E-state index contributed by atoms with van der Waals surface area (Å²) >= 11 is 0. The minimum absolute atomic E-state index is 0.318. The molecule has 162 valence electrons. The van der Waals surface area contributed by atoms with E-state index in [9.17, 15) is 9.90 Å². The average molecular weight is 401 g/mol. The molecule has 2 aliphatic heterocycles. The van der Waals surface area contributed by atoms with Crippen LogP contribution in [-0.2, 0) is 28.5 Å². The third-order valence-electron chi connectivity index (χ3n) is 5.78. The summed E-state index contributed by atoms with van der Waals surface area (Å²) in [5.41, 5.74) is -1.83. The summed E-state index contributed by atoms with van der Waals surface area (Å²) in [5.74, 6) is -1.11. The molecule has 0 aromatic heterocycles. The molecule has 7 nitrogen and oxygen atoms in total. The highest BCUT2D eigenvalue weighted by molar-refractivity contribution is 5.75. The van der Waals surface area contributed by atoms with Crippen LogP contribution in [0.15, 0.2) is 0 Å². The van der Waals surface area contributed by atoms with Gasteiger partial charge in [-0.2, -0.15) is 0 Å². The van der Waals surface area contributed by atoms with Crippen LogP contribution in [0.3, 0.4) is 0 Å². The van der Waals surface area contributed by atoms with Gasteiger partial charge in [0.2, 0.25) is 0 Å². The van der Waals surface area contributed by atoms with Crippen molar-refractivity contribution in [2.24, 2.45) is 5.41 Å². The quantitative estimate of drug-likeness (QED) is 0.561. The van der Waals surface area contributed by atoms with E-state index < -0.39 is 47.5 Å². The molecule has 2 heterocycles. The van der Waals surface area contributed by atoms with Crippen molar-refractivity contribution in [2.75, 3.05) is 6.61 Å². The molecule has 3 fully saturated rings. The Morgan fingerprint density at radius 3 is 2.54 bits per heavy atom. The van der Waals surface area contributed by atoms with Crippen molar-refractivity contribution in [1.29, 1.82) is 0 Å². The molecular formula is C21H36O7. The summed E-state index contributed by atoms with van der Waals surface area (Å²) in [6.45, 7) is 11.7. The van der Waals surface area contributed by atoms with Gasteiger partial charge in [0.25, 0.3) is 0 Å². The molecule has 0 bridgehead atoms. The summed E-state index contributed by atoms with van der Waals surface area (Å²) in [5, 5.41) is 11.1. The van der Waals surface area contributed by atoms with E-state index in [1.54, 1.807) is 0 Å². The van der Waals surface area contributed by atoms with E-state index in [-0.39, 0.29) is 5.97 Å². The fourth-order valence-corrected chi connectivity index (χ4v) is 4.30. The van der Waals surface area contributed by atoms with Crippen LogP contribution in [0.5, 0.6) is 0 Å². The number of aliphatic hydroxyl groups excluding tert-OH is 1. The van der Waals surface area contributed by atoms with Crippen LogP contribution >= 0.6 is 0 Å². The van der Waals surface area contributed by atoms with Crippen LogP contribution < -0.4 is 0 Å². The van der Waals surface area contributed by atoms with Gasteiger partial charge >= 0.3 is 5.97 Å². The first-order chi connectivity index (χ1) is 13.0. The van der Waals surface area contributed by atoms with Crippen LogP contribution in [-0.4, -0.2) is 59.8 Å². The van der Waals surface area contributed by atoms with Gasteiger partial charge in [-0.1, -0.05) is 13.3 Å². The number of unbranched alkanes of at least 4 members (excludes halogenated alkanes) is 1. The fourth-order valence-electron chi connectivity index (χ4n) is 4.30. The fraction of sp³-hybridized carbons (Fsp3) is 0.952. The highest BCUT2D eigenvalue weighted by atomic mass is 16.8. The molecule has 0 radical (unpaired) electrons. The minimum atomic E-state index is -1.18. The molecule has 1 spiro atoms. The number of fused-ring (bicyclic) bond motifs is 1. The van der Waals surface area contributed by atoms with Crippen molar-refractivity contribution in [3.05, 3.63) is 0 Å². The third-order valence-corrected chi connectivity index (χ3v) is 5.78. The minimum Gasteiger partial charge on any atom is -0.459 e. The van der Waals surface area contributed by atoms with Crippen molar-refractivity contribution in [1.82, 2.24) is 0 Å². The normalized spacial score (nSPS) is 39.9. The van der Waals surface area contributed by atoms with Crippen LogP contribution in [0.4, 0.5) is 0 Å². The summed E-state index contributed by atoms with van der Waals surface area (Å²) in [6, 6.07) is 0. The van der Waals surface area contributed by atoms with Crippen molar-refractivity contribution in [3.63, 3.8) is 0 Å². The van der Waals surface area contributed by atoms with E-state index in [4.69, 9.17) is 23.7 Å². The van der Waals surface area contributed by atoms with Gasteiger partial charge in [-0.15, -0.1) is 0 Å². The van der Waals surface area contributed by atoms with Gasteiger partial charge in [-0.25, -0.2) is 0 Å². The number of esters is 1. The molecule has 1 saturated carbocycles. The molecule has 28 heavy (non-hydrogen) atoms. The van der Waals surface area contributed by atoms with Gasteiger partial charge in [0.1, 0.15) is 18.3 Å². The Bertz CT molecular complexity index is 570. The molecule has 1 N–H and O–H groups in total. The summed E-state index contributed by atoms with van der Waals surface area (Å²) in [4.78, 5) is 12.6. The average Bonchev–Trinajstić information content (AvgIpc) is 3.02. The van der Waals surface area contributed by atoms with Crippen molar-refractivity contribution in [3.8, 4) is 0 Å². The Morgan fingerprint density at radius 2 is 1.89 bits per heavy atom. The Labute approximate surface area is 168 Å². The molecule has 3 rings (SSSR count). The lowest BCUT2D eigenvalue weighted by Crippen LogP contribution is -2.64. The molecule has 3 aliphatic rings. The lowest BCUT2D eigenvalue weighted by atomic mass is 9.75. The first kappa shape index (κ1) is 22.0. The Kier molecular flexibility index (Phi) is 6.15. The van der Waals surface area contributed by atoms with Crippen LogP contribution in [0.25, 0.3) is 0 Å². The zero-order valence-electron chi connectivity index (χ0n) is 18.0. The van der Waals surface area contributed by atoms with E-state index in [2.05, 4.69) is 6.92 Å². The largest absolute Gasteiger partial charge is 0.459 e. The van der Waals surface area contributed by atoms with E-state index in [0.717, 1.165) is 19.3 Å². The first-order valence-electron chi connectivity index (χ1n) is 10.6. The number of hydrogen-bond acceptors (Lipinski definition) is 7. The van der Waals surface area contributed by atoms with Gasteiger partial charge in [0, 0.05) is 6.61 Å². The number of aliphatic hydroxyl groups is 1. The second-order valence-electron chi connectivity index (χ2n) is 9.68. The number of rotatable bonds is 5. The number of ether oxygens (including phenoxy) is 5. The van der Waals surface area contributed by atoms with Crippen molar-refractivity contribution in [2.45, 2.75) is 116 Å². The lowest BCUT2D eigenvalue weighted by molar-refractivity contribution is -0.295. The maximum Gasteiger partial charge on any atom is 0.311 e. The van der Waals surface area contributed by atoms with Gasteiger partial charge in [-0.05, 0) is 60.3 Å². The maximum atomic E-state index is 12.6. The van der Waals surface area contributed by atoms with Crippen molar-refractivity contribution >= 4 is 5.97 Å². The molecular weight excluding hydrogens is 364 g/mol. The SMILES string of the molecule is CCCCO[C@@H]1C2OC(C)(C)OC2OC12[C@H](O)CCC[C@@H]2OC(=O)C(C)(C)C. The monoisotopic (exact) mass is 400 g/mol. The van der Waals surface area contributed by atoms with E-state index in [1.807, 2.05) is 34.6 Å². The second-order valence-corrected chi connectivity index (χ2v) is 9.68. The molecule has 0 amide bonds. The molecule has 0 aromatic carbocycles. The molecule has 0 aromatic rings. The highest BCUT2D eigenvalue weighted by Crippen LogP contribution is 2.51. The summed E-state index contributed by atoms with van der Waals surface area (Å²) in [7, 11) is 0. The predicted octanol–water partition coefficient (Wildman–Crippen LogP) is 2.92. The van der Waals surface area contributed by atoms with Gasteiger partial charge in [0.15, 0.2) is 17.7 Å². The Hall–Kier alpha value is -0.730. The predicted molar refractivity (Wildman–Crippen MR) is 101 cm³/mol. The van der Waals surface area contributed by atoms with E-state index >= 15 is 0 Å². The second kappa shape index (κ2) is 7.84. The van der Waals surface area contributed by atoms with Crippen LogP contribution in [0.2, 0.25) is 0 Å².